The fourth-order valence-corrected chi connectivity index (χ4v) is 5.25. The van der Waals surface area contributed by atoms with Gasteiger partial charge in [0.25, 0.3) is 5.69 Å². The largest absolute Gasteiger partial charge is 0.361 e. The summed E-state index contributed by atoms with van der Waals surface area (Å²) in [4.78, 5) is 17.9. The first-order chi connectivity index (χ1) is 17.0. The summed E-state index contributed by atoms with van der Waals surface area (Å²) < 4.78 is 3.40. The van der Waals surface area contributed by atoms with Gasteiger partial charge in [-0.3, -0.25) is 10.1 Å². The first-order valence-corrected chi connectivity index (χ1v) is 12.3. The van der Waals surface area contributed by atoms with Crippen molar-refractivity contribution in [3.63, 3.8) is 0 Å². The van der Waals surface area contributed by atoms with Crippen molar-refractivity contribution < 1.29 is 4.92 Å². The highest BCUT2D eigenvalue weighted by Gasteiger charge is 2.27. The summed E-state index contributed by atoms with van der Waals surface area (Å²) in [6.45, 7) is 0. The minimum atomic E-state index is -0.414. The molecule has 0 aliphatic carbocycles. The number of fused-ring (bicyclic) bond motifs is 2. The van der Waals surface area contributed by atoms with Crippen molar-refractivity contribution in [2.45, 2.75) is 5.92 Å². The summed E-state index contributed by atoms with van der Waals surface area (Å²) in [5, 5.41) is 22.5. The lowest BCUT2D eigenvalue weighted by atomic mass is 9.88. The number of nitrogens with zero attached hydrogens (tertiary/aromatic N) is 4. The van der Waals surface area contributed by atoms with E-state index in [4.69, 9.17) is 0 Å². The Morgan fingerprint density at radius 3 is 2.09 bits per heavy atom. The molecular formula is C25H16Br2N6O2. The van der Waals surface area contributed by atoms with Gasteiger partial charge in [0, 0.05) is 49.2 Å². The van der Waals surface area contributed by atoms with Gasteiger partial charge in [0.1, 0.15) is 5.69 Å². The lowest BCUT2D eigenvalue weighted by Gasteiger charge is -2.14. The van der Waals surface area contributed by atoms with Crippen LogP contribution < -0.4 is 0 Å². The van der Waals surface area contributed by atoms with E-state index in [0.29, 0.717) is 11.4 Å². The lowest BCUT2D eigenvalue weighted by Crippen LogP contribution is -2.03. The zero-order valence-electron chi connectivity index (χ0n) is 17.9. The molecule has 0 atom stereocenters. The highest BCUT2D eigenvalue weighted by atomic mass is 79.9. The molecule has 0 saturated heterocycles. The summed E-state index contributed by atoms with van der Waals surface area (Å²) >= 11 is 7.18. The number of hydrogen-bond acceptors (Lipinski definition) is 4. The van der Waals surface area contributed by atoms with Crippen LogP contribution in [-0.4, -0.2) is 29.9 Å². The summed E-state index contributed by atoms with van der Waals surface area (Å²) in [5.74, 6) is -0.280. The number of hydrogen-bond donors (Lipinski definition) is 2. The van der Waals surface area contributed by atoms with Crippen molar-refractivity contribution in [2.24, 2.45) is 0 Å². The summed E-state index contributed by atoms with van der Waals surface area (Å²) in [6, 6.07) is 18.7. The molecule has 0 spiro atoms. The van der Waals surface area contributed by atoms with E-state index in [-0.39, 0.29) is 11.6 Å². The quantitative estimate of drug-likeness (QED) is 0.169. The number of nitrogens with one attached hydrogen (secondary N) is 2. The van der Waals surface area contributed by atoms with Crippen LogP contribution in [-0.2, 0) is 0 Å². The molecule has 8 nitrogen and oxygen atoms in total. The van der Waals surface area contributed by atoms with E-state index in [0.717, 1.165) is 41.9 Å². The van der Waals surface area contributed by atoms with Crippen LogP contribution in [0.5, 0.6) is 0 Å². The van der Waals surface area contributed by atoms with E-state index < -0.39 is 4.92 Å². The first-order valence-electron chi connectivity index (χ1n) is 10.7. The van der Waals surface area contributed by atoms with Crippen LogP contribution in [0.25, 0.3) is 27.5 Å². The Morgan fingerprint density at radius 1 is 0.886 bits per heavy atom. The molecule has 0 saturated carbocycles. The molecule has 35 heavy (non-hydrogen) atoms. The van der Waals surface area contributed by atoms with Crippen LogP contribution >= 0.6 is 31.9 Å². The highest BCUT2D eigenvalue weighted by Crippen LogP contribution is 2.40. The molecule has 3 aromatic carbocycles. The fourth-order valence-electron chi connectivity index (χ4n) is 4.53. The van der Waals surface area contributed by atoms with E-state index in [1.807, 2.05) is 36.7 Å². The predicted molar refractivity (Wildman–Crippen MR) is 141 cm³/mol. The first kappa shape index (κ1) is 21.8. The number of H-pyrrole nitrogens is 2. The Kier molecular flexibility index (Phi) is 5.27. The van der Waals surface area contributed by atoms with Crippen LogP contribution in [0.1, 0.15) is 22.7 Å². The Bertz CT molecular complexity index is 1650. The molecule has 6 rings (SSSR count). The molecule has 0 aliphatic rings. The third kappa shape index (κ3) is 3.75. The Hall–Kier alpha value is -3.76. The van der Waals surface area contributed by atoms with Gasteiger partial charge in [-0.25, -0.2) is 4.68 Å². The molecule has 0 unspecified atom stereocenters. The van der Waals surface area contributed by atoms with Crippen molar-refractivity contribution in [2.75, 3.05) is 0 Å². The van der Waals surface area contributed by atoms with Crippen LogP contribution in [0.2, 0.25) is 0 Å². The number of para-hydroxylation sites is 2. The fraction of sp³-hybridized carbons (Fsp3) is 0.0400. The standard InChI is InChI=1S/C25H16Br2N6O2/c26-14-5-7-20-16(9-14)18(11-28-20)25(19-12-29-21-8-6-15(27)10-17(19)21)22-13-32(31-30-22)23-3-1-2-4-24(23)33(34)35/h1-13,25,28-29H. The average molecular weight is 592 g/mol. The summed E-state index contributed by atoms with van der Waals surface area (Å²) in [5.41, 5.74) is 5.05. The third-order valence-corrected chi connectivity index (χ3v) is 7.09. The second kappa shape index (κ2) is 8.47. The zero-order chi connectivity index (χ0) is 24.1. The van der Waals surface area contributed by atoms with Crippen molar-refractivity contribution in [3.05, 3.63) is 115 Å². The Balaban J connectivity index is 1.58. The minimum Gasteiger partial charge on any atom is -0.361 e. The number of nitro benzene ring substituents is 1. The summed E-state index contributed by atoms with van der Waals surface area (Å²) in [7, 11) is 0. The number of halogens is 2. The zero-order valence-corrected chi connectivity index (χ0v) is 21.1. The van der Waals surface area contributed by atoms with Crippen molar-refractivity contribution in [1.29, 1.82) is 0 Å². The molecule has 10 heteroatoms. The van der Waals surface area contributed by atoms with Crippen molar-refractivity contribution in [3.8, 4) is 5.69 Å². The van der Waals surface area contributed by atoms with Crippen LogP contribution in [0, 0.1) is 10.1 Å². The van der Waals surface area contributed by atoms with Gasteiger partial charge >= 0.3 is 0 Å². The smallest absolute Gasteiger partial charge is 0.294 e. The highest BCUT2D eigenvalue weighted by molar-refractivity contribution is 9.10. The van der Waals surface area contributed by atoms with Gasteiger partial charge in [-0.2, -0.15) is 0 Å². The molecule has 0 amide bonds. The normalized spacial score (nSPS) is 11.6. The molecule has 3 aromatic heterocycles. The molecule has 3 heterocycles. The van der Waals surface area contributed by atoms with E-state index in [9.17, 15) is 10.1 Å². The second-order valence-corrected chi connectivity index (χ2v) is 9.97. The SMILES string of the molecule is O=[N+]([O-])c1ccccc1-n1cc(C(c2c[nH]c3ccc(Br)cc23)c2c[nH]c3ccc(Br)cc23)nn1. The Morgan fingerprint density at radius 2 is 1.49 bits per heavy atom. The molecule has 0 fully saturated rings. The van der Waals surface area contributed by atoms with Gasteiger partial charge in [-0.1, -0.05) is 49.2 Å². The minimum absolute atomic E-state index is 0.0347. The van der Waals surface area contributed by atoms with Gasteiger partial charge in [0.05, 0.1) is 22.7 Å². The van der Waals surface area contributed by atoms with Gasteiger partial charge in [0.15, 0.2) is 0 Å². The van der Waals surface area contributed by atoms with Crippen molar-refractivity contribution >= 4 is 59.4 Å². The number of rotatable bonds is 5. The predicted octanol–water partition coefficient (Wildman–Crippen LogP) is 6.84. The van der Waals surface area contributed by atoms with Gasteiger partial charge < -0.3 is 9.97 Å². The molecule has 0 radical (unpaired) electrons. The maximum atomic E-state index is 11.6. The maximum absolute atomic E-state index is 11.6. The Labute approximate surface area is 215 Å². The number of aromatic amines is 2. The maximum Gasteiger partial charge on any atom is 0.294 e. The molecule has 2 N–H and O–H groups in total. The molecule has 6 aromatic rings. The lowest BCUT2D eigenvalue weighted by molar-refractivity contribution is -0.384. The van der Waals surface area contributed by atoms with E-state index in [1.54, 1.807) is 24.4 Å². The molecule has 172 valence electrons. The topological polar surface area (TPSA) is 105 Å². The van der Waals surface area contributed by atoms with Crippen LogP contribution in [0.15, 0.2) is 88.2 Å². The molecule has 0 aliphatic heterocycles. The van der Waals surface area contributed by atoms with Gasteiger partial charge in [0.2, 0.25) is 0 Å². The van der Waals surface area contributed by atoms with Gasteiger partial charge in [-0.15, -0.1) is 5.10 Å². The van der Waals surface area contributed by atoms with E-state index in [1.165, 1.54) is 10.7 Å². The van der Waals surface area contributed by atoms with Gasteiger partial charge in [-0.05, 0) is 53.6 Å². The average Bonchev–Trinajstić information content (AvgIpc) is 3.59. The van der Waals surface area contributed by atoms with E-state index >= 15 is 0 Å². The van der Waals surface area contributed by atoms with Crippen LogP contribution in [0.3, 0.4) is 0 Å². The number of aromatic nitrogens is 5. The van der Waals surface area contributed by atoms with Crippen molar-refractivity contribution in [1.82, 2.24) is 25.0 Å². The number of nitro groups is 1. The molecular weight excluding hydrogens is 576 g/mol. The molecule has 0 bridgehead atoms. The second-order valence-electron chi connectivity index (χ2n) is 8.13. The van der Waals surface area contributed by atoms with E-state index in [2.05, 4.69) is 64.3 Å². The monoisotopic (exact) mass is 590 g/mol. The summed E-state index contributed by atoms with van der Waals surface area (Å²) in [6.07, 6.45) is 5.74. The number of benzene rings is 3. The van der Waals surface area contributed by atoms with Crippen LogP contribution in [0.4, 0.5) is 5.69 Å². The third-order valence-electron chi connectivity index (χ3n) is 6.11.